The number of amides is 1. The maximum absolute atomic E-state index is 13.2. The normalized spacial score (nSPS) is 17.7. The Morgan fingerprint density at radius 3 is 2.44 bits per heavy atom. The number of sulfone groups is 1. The molecule has 1 fully saturated rings. The second-order valence-corrected chi connectivity index (χ2v) is 11.0. The summed E-state index contributed by atoms with van der Waals surface area (Å²) in [6.45, 7) is 4.67. The van der Waals surface area contributed by atoms with E-state index in [1.165, 1.54) is 13.2 Å². The average Bonchev–Trinajstić information content (AvgIpc) is 3.27. The lowest BCUT2D eigenvalue weighted by molar-refractivity contribution is 0.0339. The second kappa shape index (κ2) is 10.7. The van der Waals surface area contributed by atoms with Gasteiger partial charge in [0.15, 0.2) is 9.84 Å². The standard InChI is InChI=1S/C28H31NO6S/c1-19-12-13-20(2)23(14-19)28(30)29-16-25(34-4)26(17-29)35-22-9-7-8-21(15-22)18-36(31,32)27-11-6-5-10-24(27)33-3/h5-15,25-26H,16-18H2,1-4H3/t25-,26-/m0/s1. The highest BCUT2D eigenvalue weighted by Gasteiger charge is 2.37. The zero-order valence-electron chi connectivity index (χ0n) is 20.9. The molecule has 0 bridgehead atoms. The van der Waals surface area contributed by atoms with Crippen LogP contribution in [0.5, 0.6) is 11.5 Å². The lowest BCUT2D eigenvalue weighted by atomic mass is 10.0. The third kappa shape index (κ3) is 5.55. The third-order valence-electron chi connectivity index (χ3n) is 6.38. The monoisotopic (exact) mass is 509 g/mol. The summed E-state index contributed by atoms with van der Waals surface area (Å²) >= 11 is 0. The maximum atomic E-state index is 13.2. The van der Waals surface area contributed by atoms with Crippen LogP contribution in [0.3, 0.4) is 0 Å². The number of likely N-dealkylation sites (tertiary alicyclic amines) is 1. The van der Waals surface area contributed by atoms with Gasteiger partial charge in [0, 0.05) is 12.7 Å². The molecular weight excluding hydrogens is 478 g/mol. The van der Waals surface area contributed by atoms with Gasteiger partial charge in [0.05, 0.1) is 26.0 Å². The van der Waals surface area contributed by atoms with E-state index in [0.717, 1.165) is 11.1 Å². The van der Waals surface area contributed by atoms with E-state index < -0.39 is 9.84 Å². The summed E-state index contributed by atoms with van der Waals surface area (Å²) in [5.74, 6) is 0.587. The number of nitrogens with zero attached hydrogens (tertiary/aromatic N) is 1. The molecule has 1 heterocycles. The van der Waals surface area contributed by atoms with Crippen molar-refractivity contribution in [3.05, 3.63) is 89.0 Å². The van der Waals surface area contributed by atoms with E-state index in [2.05, 4.69) is 0 Å². The molecule has 0 saturated carbocycles. The highest BCUT2D eigenvalue weighted by molar-refractivity contribution is 7.90. The van der Waals surface area contributed by atoms with Gasteiger partial charge in [0.2, 0.25) is 0 Å². The zero-order valence-corrected chi connectivity index (χ0v) is 21.7. The number of para-hydroxylation sites is 1. The number of carbonyl (C=O) groups excluding carboxylic acids is 1. The number of aryl methyl sites for hydroxylation is 2. The Morgan fingerprint density at radius 2 is 1.69 bits per heavy atom. The molecule has 7 nitrogen and oxygen atoms in total. The van der Waals surface area contributed by atoms with Crippen molar-refractivity contribution in [1.82, 2.24) is 4.90 Å². The number of hydrogen-bond donors (Lipinski definition) is 0. The first-order valence-corrected chi connectivity index (χ1v) is 13.4. The van der Waals surface area contributed by atoms with Crippen molar-refractivity contribution in [2.75, 3.05) is 27.3 Å². The lowest BCUT2D eigenvalue weighted by Gasteiger charge is -2.19. The fraction of sp³-hybridized carbons (Fsp3) is 0.321. The smallest absolute Gasteiger partial charge is 0.254 e. The van der Waals surface area contributed by atoms with Crippen LogP contribution in [0.2, 0.25) is 0 Å². The molecule has 3 aromatic carbocycles. The van der Waals surface area contributed by atoms with Crippen LogP contribution in [0.4, 0.5) is 0 Å². The van der Waals surface area contributed by atoms with E-state index in [0.29, 0.717) is 35.7 Å². The van der Waals surface area contributed by atoms with Gasteiger partial charge in [0.25, 0.3) is 5.91 Å². The molecule has 1 saturated heterocycles. The lowest BCUT2D eigenvalue weighted by Crippen LogP contribution is -2.32. The minimum Gasteiger partial charge on any atom is -0.495 e. The SMILES string of the molecule is COc1ccccc1S(=O)(=O)Cc1cccc(O[C@H]2CN(C(=O)c3cc(C)ccc3C)C[C@@H]2OC)c1. The van der Waals surface area contributed by atoms with Crippen LogP contribution in [0.1, 0.15) is 27.0 Å². The first kappa shape index (κ1) is 25.7. The summed E-state index contributed by atoms with van der Waals surface area (Å²) in [5, 5.41) is 0. The number of ether oxygens (including phenoxy) is 3. The summed E-state index contributed by atoms with van der Waals surface area (Å²) in [5.41, 5.74) is 3.22. The molecule has 0 N–H and O–H groups in total. The number of hydrogen-bond acceptors (Lipinski definition) is 6. The molecule has 8 heteroatoms. The second-order valence-electron chi connectivity index (χ2n) is 9.02. The van der Waals surface area contributed by atoms with Crippen LogP contribution in [0.25, 0.3) is 0 Å². The highest BCUT2D eigenvalue weighted by atomic mass is 32.2. The van der Waals surface area contributed by atoms with Crippen LogP contribution in [-0.2, 0) is 20.3 Å². The average molecular weight is 510 g/mol. The molecule has 190 valence electrons. The Balaban J connectivity index is 1.49. The largest absolute Gasteiger partial charge is 0.495 e. The molecule has 1 aliphatic rings. The van der Waals surface area contributed by atoms with Crippen molar-refractivity contribution in [1.29, 1.82) is 0 Å². The van der Waals surface area contributed by atoms with Crippen molar-refractivity contribution in [3.63, 3.8) is 0 Å². The van der Waals surface area contributed by atoms with Crippen LogP contribution >= 0.6 is 0 Å². The highest BCUT2D eigenvalue weighted by Crippen LogP contribution is 2.28. The Labute approximate surface area is 212 Å². The summed E-state index contributed by atoms with van der Waals surface area (Å²) in [6, 6.07) is 19.4. The zero-order chi connectivity index (χ0) is 25.9. The molecule has 0 radical (unpaired) electrons. The Kier molecular flexibility index (Phi) is 7.66. The molecule has 36 heavy (non-hydrogen) atoms. The van der Waals surface area contributed by atoms with E-state index >= 15 is 0 Å². The number of carbonyl (C=O) groups is 1. The molecule has 0 unspecified atom stereocenters. The fourth-order valence-corrected chi connectivity index (χ4v) is 5.96. The maximum Gasteiger partial charge on any atom is 0.254 e. The van der Waals surface area contributed by atoms with Crippen molar-refractivity contribution >= 4 is 15.7 Å². The van der Waals surface area contributed by atoms with Gasteiger partial charge < -0.3 is 19.1 Å². The molecule has 0 spiro atoms. The Bertz CT molecular complexity index is 1350. The van der Waals surface area contributed by atoms with E-state index in [1.54, 1.807) is 54.5 Å². The fourth-order valence-electron chi connectivity index (χ4n) is 4.44. The van der Waals surface area contributed by atoms with Crippen LogP contribution in [0.15, 0.2) is 71.6 Å². The van der Waals surface area contributed by atoms with Gasteiger partial charge in [0.1, 0.15) is 28.6 Å². The molecule has 3 aromatic rings. The minimum atomic E-state index is -3.63. The van der Waals surface area contributed by atoms with E-state index in [4.69, 9.17) is 14.2 Å². The van der Waals surface area contributed by atoms with Gasteiger partial charge in [-0.2, -0.15) is 0 Å². The van der Waals surface area contributed by atoms with Gasteiger partial charge in [-0.25, -0.2) is 8.42 Å². The number of methoxy groups -OCH3 is 2. The van der Waals surface area contributed by atoms with Gasteiger partial charge >= 0.3 is 0 Å². The van der Waals surface area contributed by atoms with Gasteiger partial charge in [-0.05, 0) is 55.3 Å². The van der Waals surface area contributed by atoms with Gasteiger partial charge in [-0.15, -0.1) is 0 Å². The van der Waals surface area contributed by atoms with Crippen molar-refractivity contribution in [2.45, 2.75) is 36.7 Å². The number of benzene rings is 3. The summed E-state index contributed by atoms with van der Waals surface area (Å²) < 4.78 is 43.2. The van der Waals surface area contributed by atoms with Crippen molar-refractivity contribution < 1.29 is 27.4 Å². The molecule has 2 atom stereocenters. The minimum absolute atomic E-state index is 0.0546. The van der Waals surface area contributed by atoms with Crippen LogP contribution in [0, 0.1) is 13.8 Å². The van der Waals surface area contributed by atoms with Gasteiger partial charge in [-0.1, -0.05) is 42.0 Å². The quantitative estimate of drug-likeness (QED) is 0.453. The van der Waals surface area contributed by atoms with E-state index in [-0.39, 0.29) is 28.8 Å². The van der Waals surface area contributed by atoms with E-state index in [1.807, 2.05) is 32.0 Å². The summed E-state index contributed by atoms with van der Waals surface area (Å²) in [4.78, 5) is 15.1. The molecule has 0 aromatic heterocycles. The molecule has 1 amide bonds. The van der Waals surface area contributed by atoms with Crippen molar-refractivity contribution in [3.8, 4) is 11.5 Å². The first-order valence-electron chi connectivity index (χ1n) is 11.7. The topological polar surface area (TPSA) is 82.1 Å². The van der Waals surface area contributed by atoms with Crippen LogP contribution in [-0.4, -0.2) is 58.7 Å². The molecule has 0 aliphatic carbocycles. The van der Waals surface area contributed by atoms with Crippen molar-refractivity contribution in [2.24, 2.45) is 0 Å². The first-order chi connectivity index (χ1) is 17.2. The Morgan fingerprint density at radius 1 is 0.944 bits per heavy atom. The predicted molar refractivity (Wildman–Crippen MR) is 137 cm³/mol. The Hall–Kier alpha value is -3.36. The third-order valence-corrected chi connectivity index (χ3v) is 8.10. The molecular formula is C28H31NO6S. The number of rotatable bonds is 8. The molecule has 4 rings (SSSR count). The summed E-state index contributed by atoms with van der Waals surface area (Å²) in [7, 11) is -0.582. The van der Waals surface area contributed by atoms with Crippen LogP contribution < -0.4 is 9.47 Å². The summed E-state index contributed by atoms with van der Waals surface area (Å²) in [6.07, 6.45) is -0.690. The predicted octanol–water partition coefficient (Wildman–Crippen LogP) is 4.20. The van der Waals surface area contributed by atoms with Gasteiger partial charge in [-0.3, -0.25) is 4.79 Å². The van der Waals surface area contributed by atoms with E-state index in [9.17, 15) is 13.2 Å². The molecule has 1 aliphatic heterocycles.